The Morgan fingerprint density at radius 1 is 1.35 bits per heavy atom. The second-order valence-electron chi connectivity index (χ2n) is 4.69. The van der Waals surface area contributed by atoms with E-state index in [0.29, 0.717) is 0 Å². The molecule has 4 nitrogen and oxygen atoms in total. The quantitative estimate of drug-likeness (QED) is 0.775. The first kappa shape index (κ1) is 13.0. The summed E-state index contributed by atoms with van der Waals surface area (Å²) < 4.78 is 0. The number of fused-ring (bicyclic) bond motifs is 1. The molecule has 0 radical (unpaired) electrons. The minimum atomic E-state index is -0.0426. The summed E-state index contributed by atoms with van der Waals surface area (Å²) in [7, 11) is 0. The maximum Gasteiger partial charge on any atom is 0.255 e. The van der Waals surface area contributed by atoms with E-state index in [1.807, 2.05) is 36.0 Å². The van der Waals surface area contributed by atoms with Crippen LogP contribution < -0.4 is 10.9 Å². The van der Waals surface area contributed by atoms with Crippen LogP contribution in [0.1, 0.15) is 23.4 Å². The molecule has 3 rings (SSSR count). The summed E-state index contributed by atoms with van der Waals surface area (Å²) >= 11 is 1.63. The molecule has 1 atom stereocenters. The summed E-state index contributed by atoms with van der Waals surface area (Å²) in [5, 5.41) is 5.19. The molecule has 0 fully saturated rings. The van der Waals surface area contributed by atoms with Crippen LogP contribution >= 0.6 is 11.3 Å². The SMILES string of the molecule is CC(NCc1cncs1)c1c[nH]c(=O)c2ccccc12. The largest absolute Gasteiger partial charge is 0.328 e. The molecule has 1 aromatic carbocycles. The highest BCUT2D eigenvalue weighted by atomic mass is 32.1. The Morgan fingerprint density at radius 3 is 2.90 bits per heavy atom. The van der Waals surface area contributed by atoms with Crippen molar-refractivity contribution in [2.75, 3.05) is 0 Å². The van der Waals surface area contributed by atoms with Crippen LogP contribution in [0.25, 0.3) is 10.8 Å². The van der Waals surface area contributed by atoms with Crippen molar-refractivity contribution in [2.24, 2.45) is 0 Å². The molecule has 5 heteroatoms. The highest BCUT2D eigenvalue weighted by molar-refractivity contribution is 7.09. The van der Waals surface area contributed by atoms with Gasteiger partial charge in [0.2, 0.25) is 0 Å². The Hall–Kier alpha value is -1.98. The van der Waals surface area contributed by atoms with Gasteiger partial charge in [0.15, 0.2) is 0 Å². The third kappa shape index (κ3) is 2.50. The Morgan fingerprint density at radius 2 is 2.15 bits per heavy atom. The zero-order valence-electron chi connectivity index (χ0n) is 11.1. The van der Waals surface area contributed by atoms with E-state index in [9.17, 15) is 4.79 Å². The number of rotatable bonds is 4. The van der Waals surface area contributed by atoms with Gasteiger partial charge in [0.25, 0.3) is 5.56 Å². The lowest BCUT2D eigenvalue weighted by Gasteiger charge is -2.15. The van der Waals surface area contributed by atoms with Crippen LogP contribution in [-0.4, -0.2) is 9.97 Å². The van der Waals surface area contributed by atoms with Crippen LogP contribution in [0, 0.1) is 0 Å². The molecule has 0 saturated heterocycles. The van der Waals surface area contributed by atoms with Gasteiger partial charge in [-0.1, -0.05) is 18.2 Å². The third-order valence-corrected chi connectivity index (χ3v) is 4.15. The number of pyridine rings is 1. The normalized spacial score (nSPS) is 12.7. The molecule has 2 N–H and O–H groups in total. The number of H-pyrrole nitrogens is 1. The minimum Gasteiger partial charge on any atom is -0.328 e. The van der Waals surface area contributed by atoms with Gasteiger partial charge in [-0.25, -0.2) is 0 Å². The molecule has 0 aliphatic heterocycles. The number of nitrogens with zero attached hydrogens (tertiary/aromatic N) is 1. The van der Waals surface area contributed by atoms with Gasteiger partial charge in [0.05, 0.1) is 5.51 Å². The standard InChI is InChI=1S/C15H15N3OS/c1-10(17-7-11-6-16-9-20-11)14-8-18-15(19)13-5-3-2-4-12(13)14/h2-6,8-10,17H,7H2,1H3,(H,18,19). The van der Waals surface area contributed by atoms with Gasteiger partial charge in [-0.15, -0.1) is 11.3 Å². The summed E-state index contributed by atoms with van der Waals surface area (Å²) in [4.78, 5) is 19.9. The van der Waals surface area contributed by atoms with E-state index in [1.54, 1.807) is 17.5 Å². The fourth-order valence-corrected chi connectivity index (χ4v) is 2.83. The van der Waals surface area contributed by atoms with Crippen molar-refractivity contribution in [1.29, 1.82) is 0 Å². The predicted octanol–water partition coefficient (Wildman–Crippen LogP) is 2.84. The Bertz CT molecular complexity index is 764. The first-order chi connectivity index (χ1) is 9.75. The zero-order chi connectivity index (χ0) is 13.9. The van der Waals surface area contributed by atoms with Crippen molar-refractivity contribution in [3.63, 3.8) is 0 Å². The molecule has 102 valence electrons. The van der Waals surface area contributed by atoms with Crippen molar-refractivity contribution in [2.45, 2.75) is 19.5 Å². The lowest BCUT2D eigenvalue weighted by atomic mass is 10.0. The topological polar surface area (TPSA) is 57.8 Å². The van der Waals surface area contributed by atoms with Gasteiger partial charge in [-0.3, -0.25) is 9.78 Å². The Labute approximate surface area is 120 Å². The van der Waals surface area contributed by atoms with Crippen LogP contribution in [0.15, 0.2) is 47.0 Å². The molecule has 3 aromatic rings. The van der Waals surface area contributed by atoms with E-state index in [1.165, 1.54) is 4.88 Å². The van der Waals surface area contributed by atoms with Gasteiger partial charge in [-0.05, 0) is 23.9 Å². The predicted molar refractivity (Wildman–Crippen MR) is 81.9 cm³/mol. The maximum atomic E-state index is 11.8. The average molecular weight is 285 g/mol. The molecule has 0 aliphatic rings. The first-order valence-electron chi connectivity index (χ1n) is 6.47. The van der Waals surface area contributed by atoms with Crippen LogP contribution in [0.4, 0.5) is 0 Å². The Kier molecular flexibility index (Phi) is 3.62. The minimum absolute atomic E-state index is 0.0426. The van der Waals surface area contributed by atoms with E-state index in [0.717, 1.165) is 22.9 Å². The van der Waals surface area contributed by atoms with Gasteiger partial charge in [0, 0.05) is 35.2 Å². The molecule has 0 bridgehead atoms. The number of aromatic amines is 1. The number of hydrogen-bond acceptors (Lipinski definition) is 4. The molecular weight excluding hydrogens is 270 g/mol. The number of aromatic nitrogens is 2. The summed E-state index contributed by atoms with van der Waals surface area (Å²) in [5.74, 6) is 0. The number of thiazole rings is 1. The molecule has 0 saturated carbocycles. The van der Waals surface area contributed by atoms with Crippen molar-refractivity contribution in [1.82, 2.24) is 15.3 Å². The maximum absolute atomic E-state index is 11.8. The van der Waals surface area contributed by atoms with Crippen molar-refractivity contribution in [3.05, 3.63) is 63.0 Å². The number of hydrogen-bond donors (Lipinski definition) is 2. The average Bonchev–Trinajstić information content (AvgIpc) is 2.99. The van der Waals surface area contributed by atoms with E-state index in [-0.39, 0.29) is 11.6 Å². The highest BCUT2D eigenvalue weighted by Gasteiger charge is 2.11. The second kappa shape index (κ2) is 5.56. The van der Waals surface area contributed by atoms with E-state index in [2.05, 4.69) is 22.2 Å². The monoisotopic (exact) mass is 285 g/mol. The van der Waals surface area contributed by atoms with E-state index < -0.39 is 0 Å². The molecule has 2 heterocycles. The lowest BCUT2D eigenvalue weighted by Crippen LogP contribution is -2.19. The van der Waals surface area contributed by atoms with Gasteiger partial charge < -0.3 is 10.3 Å². The van der Waals surface area contributed by atoms with Crippen molar-refractivity contribution in [3.8, 4) is 0 Å². The van der Waals surface area contributed by atoms with Gasteiger partial charge in [0.1, 0.15) is 0 Å². The smallest absolute Gasteiger partial charge is 0.255 e. The molecular formula is C15H15N3OS. The number of nitrogens with one attached hydrogen (secondary N) is 2. The van der Waals surface area contributed by atoms with Crippen LogP contribution in [0.2, 0.25) is 0 Å². The van der Waals surface area contributed by atoms with Gasteiger partial charge in [-0.2, -0.15) is 0 Å². The number of benzene rings is 1. The first-order valence-corrected chi connectivity index (χ1v) is 7.35. The molecule has 20 heavy (non-hydrogen) atoms. The summed E-state index contributed by atoms with van der Waals surface area (Å²) in [6, 6.07) is 7.84. The molecule has 0 spiro atoms. The summed E-state index contributed by atoms with van der Waals surface area (Å²) in [5.41, 5.74) is 2.89. The highest BCUT2D eigenvalue weighted by Crippen LogP contribution is 2.21. The lowest BCUT2D eigenvalue weighted by molar-refractivity contribution is 0.580. The molecule has 2 aromatic heterocycles. The second-order valence-corrected chi connectivity index (χ2v) is 5.66. The fraction of sp³-hybridized carbons (Fsp3) is 0.200. The van der Waals surface area contributed by atoms with Crippen LogP contribution in [-0.2, 0) is 6.54 Å². The third-order valence-electron chi connectivity index (χ3n) is 3.37. The van der Waals surface area contributed by atoms with E-state index >= 15 is 0 Å². The van der Waals surface area contributed by atoms with Crippen LogP contribution in [0.5, 0.6) is 0 Å². The molecule has 0 amide bonds. The van der Waals surface area contributed by atoms with Crippen molar-refractivity contribution >= 4 is 22.1 Å². The van der Waals surface area contributed by atoms with Crippen LogP contribution in [0.3, 0.4) is 0 Å². The summed E-state index contributed by atoms with van der Waals surface area (Å²) in [6.07, 6.45) is 3.67. The Balaban J connectivity index is 1.89. The van der Waals surface area contributed by atoms with Gasteiger partial charge >= 0.3 is 0 Å². The molecule has 1 unspecified atom stereocenters. The van der Waals surface area contributed by atoms with Crippen molar-refractivity contribution < 1.29 is 0 Å². The zero-order valence-corrected chi connectivity index (χ0v) is 11.9. The van der Waals surface area contributed by atoms with E-state index in [4.69, 9.17) is 0 Å². The summed E-state index contributed by atoms with van der Waals surface area (Å²) in [6.45, 7) is 2.88. The fourth-order valence-electron chi connectivity index (χ4n) is 2.28. The molecule has 0 aliphatic carbocycles.